The van der Waals surface area contributed by atoms with Crippen molar-refractivity contribution in [3.05, 3.63) is 41.2 Å². The van der Waals surface area contributed by atoms with E-state index in [-0.39, 0.29) is 54.2 Å². The van der Waals surface area contributed by atoms with Crippen molar-refractivity contribution in [2.24, 2.45) is 11.8 Å². The normalized spacial score (nSPS) is 17.9. The van der Waals surface area contributed by atoms with Gasteiger partial charge in [-0.1, -0.05) is 25.1 Å². The van der Waals surface area contributed by atoms with E-state index in [0.717, 1.165) is 12.5 Å². The van der Waals surface area contributed by atoms with Crippen LogP contribution in [0.2, 0.25) is 0 Å². The molecule has 196 valence electrons. The molecule has 1 aliphatic heterocycles. The fourth-order valence-corrected chi connectivity index (χ4v) is 4.39. The molecule has 0 spiro atoms. The minimum atomic E-state index is -1.04. The smallest absolute Gasteiger partial charge is 0.276 e. The van der Waals surface area contributed by atoms with Crippen molar-refractivity contribution in [3.8, 4) is 5.69 Å². The zero-order valence-corrected chi connectivity index (χ0v) is 21.4. The molecule has 1 aromatic heterocycles. The van der Waals surface area contributed by atoms with E-state index in [4.69, 9.17) is 4.74 Å². The van der Waals surface area contributed by atoms with Crippen LogP contribution in [0.25, 0.3) is 5.69 Å². The predicted octanol–water partition coefficient (Wildman–Crippen LogP) is 3.01. The summed E-state index contributed by atoms with van der Waals surface area (Å²) in [4.78, 5) is 15.6. The topological polar surface area (TPSA) is 92.5 Å². The highest BCUT2D eigenvalue weighted by Crippen LogP contribution is 2.24. The van der Waals surface area contributed by atoms with E-state index < -0.39 is 11.6 Å². The third-order valence-electron chi connectivity index (χ3n) is 6.08. The number of rotatable bonds is 11. The molecule has 1 saturated heterocycles. The predicted molar refractivity (Wildman–Crippen MR) is 131 cm³/mol. The number of carbonyl (C=O) groups is 1. The number of aromatic nitrogens is 3. The van der Waals surface area contributed by atoms with E-state index in [9.17, 15) is 18.7 Å². The third-order valence-corrected chi connectivity index (χ3v) is 6.08. The molecule has 0 radical (unpaired) electrons. The number of unbranched alkanes of at least 4 members (excludes halogenated alkanes) is 1. The maximum Gasteiger partial charge on any atom is 0.276 e. The number of amides is 1. The standard InChI is InChI=1S/C24H35F2N5O3.ClH/c1-16(2)14-30(18-11-17(15-32)12-27-13-18)24(33)23-21(8-4-5-10-34-3)31(29-28-23)20-9-6-7-19(25)22(20)26;/h6-7,9,16-18,27,32H,4-5,8,10-15H2,1-3H3;1H/t17-,18+;/m1./s1. The summed E-state index contributed by atoms with van der Waals surface area (Å²) in [5.74, 6) is -2.04. The number of nitrogens with zero attached hydrogens (tertiary/aromatic N) is 4. The Balaban J connectivity index is 0.00000432. The molecule has 1 amide bonds. The third kappa shape index (κ3) is 7.19. The second-order valence-corrected chi connectivity index (χ2v) is 9.27. The van der Waals surface area contributed by atoms with Crippen molar-refractivity contribution >= 4 is 18.3 Å². The number of hydrogen-bond donors (Lipinski definition) is 2. The molecule has 3 rings (SSSR count). The lowest BCUT2D eigenvalue weighted by atomic mass is 9.94. The van der Waals surface area contributed by atoms with Gasteiger partial charge >= 0.3 is 0 Å². The van der Waals surface area contributed by atoms with Gasteiger partial charge in [0.2, 0.25) is 0 Å². The van der Waals surface area contributed by atoms with Crippen LogP contribution >= 0.6 is 12.4 Å². The maximum atomic E-state index is 14.6. The average molecular weight is 516 g/mol. The molecule has 11 heteroatoms. The first-order chi connectivity index (χ1) is 16.4. The highest BCUT2D eigenvalue weighted by molar-refractivity contribution is 5.93. The number of piperidine rings is 1. The first kappa shape index (κ1) is 29.1. The van der Waals surface area contributed by atoms with Gasteiger partial charge in [0.15, 0.2) is 17.3 Å². The lowest BCUT2D eigenvalue weighted by molar-refractivity contribution is 0.0546. The first-order valence-electron chi connectivity index (χ1n) is 11.9. The van der Waals surface area contributed by atoms with Gasteiger partial charge in [0.25, 0.3) is 5.91 Å². The Morgan fingerprint density at radius 2 is 2.09 bits per heavy atom. The Kier molecular flexibility index (Phi) is 11.5. The Hall–Kier alpha value is -2.14. The van der Waals surface area contributed by atoms with Crippen molar-refractivity contribution in [3.63, 3.8) is 0 Å². The summed E-state index contributed by atoms with van der Waals surface area (Å²) in [5, 5.41) is 21.2. The SMILES string of the molecule is COCCCCc1c(C(=O)N(CC(C)C)[C@@H]2CNC[C@H](CO)C2)nnn1-c1cccc(F)c1F.Cl. The average Bonchev–Trinajstić information content (AvgIpc) is 3.25. The molecule has 1 aromatic carbocycles. The fourth-order valence-electron chi connectivity index (χ4n) is 4.39. The zero-order chi connectivity index (χ0) is 24.7. The summed E-state index contributed by atoms with van der Waals surface area (Å²) < 4.78 is 34.9. The fraction of sp³-hybridized carbons (Fsp3) is 0.625. The second kappa shape index (κ2) is 13.8. The van der Waals surface area contributed by atoms with Crippen LogP contribution in [0.5, 0.6) is 0 Å². The molecule has 2 heterocycles. The molecule has 0 aliphatic carbocycles. The van der Waals surface area contributed by atoms with Gasteiger partial charge < -0.3 is 20.1 Å². The second-order valence-electron chi connectivity index (χ2n) is 9.27. The number of aliphatic hydroxyl groups excluding tert-OH is 1. The molecule has 2 atom stereocenters. The molecule has 0 unspecified atom stereocenters. The van der Waals surface area contributed by atoms with Crippen molar-refractivity contribution in [2.75, 3.05) is 40.0 Å². The molecule has 0 bridgehead atoms. The summed E-state index contributed by atoms with van der Waals surface area (Å²) in [6.07, 6.45) is 2.49. The highest BCUT2D eigenvalue weighted by Gasteiger charge is 2.33. The summed E-state index contributed by atoms with van der Waals surface area (Å²) in [6, 6.07) is 3.75. The van der Waals surface area contributed by atoms with E-state index in [2.05, 4.69) is 15.6 Å². The Morgan fingerprint density at radius 1 is 1.31 bits per heavy atom. The lowest BCUT2D eigenvalue weighted by Gasteiger charge is -2.38. The van der Waals surface area contributed by atoms with Gasteiger partial charge in [-0.15, -0.1) is 17.5 Å². The van der Waals surface area contributed by atoms with Crippen molar-refractivity contribution in [1.29, 1.82) is 0 Å². The van der Waals surface area contributed by atoms with Crippen LogP contribution in [0.3, 0.4) is 0 Å². The van der Waals surface area contributed by atoms with Gasteiger partial charge in [0.05, 0.1) is 5.69 Å². The molecule has 2 aromatic rings. The first-order valence-corrected chi connectivity index (χ1v) is 11.9. The van der Waals surface area contributed by atoms with Crippen molar-refractivity contribution in [1.82, 2.24) is 25.2 Å². The number of halogens is 3. The molecule has 35 heavy (non-hydrogen) atoms. The quantitative estimate of drug-likeness (QED) is 0.447. The molecule has 0 saturated carbocycles. The molecular formula is C24H36ClF2N5O3. The largest absolute Gasteiger partial charge is 0.396 e. The van der Waals surface area contributed by atoms with Gasteiger partial charge in [-0.25, -0.2) is 13.5 Å². The number of hydrogen-bond acceptors (Lipinski definition) is 6. The van der Waals surface area contributed by atoms with Gasteiger partial charge in [-0.05, 0) is 49.7 Å². The van der Waals surface area contributed by atoms with E-state index >= 15 is 0 Å². The summed E-state index contributed by atoms with van der Waals surface area (Å²) in [5.41, 5.74) is 0.512. The number of methoxy groups -OCH3 is 1. The molecule has 2 N–H and O–H groups in total. The van der Waals surface area contributed by atoms with Gasteiger partial charge in [0, 0.05) is 46.0 Å². The number of ether oxygens (including phenoxy) is 1. The maximum absolute atomic E-state index is 14.6. The highest BCUT2D eigenvalue weighted by atomic mass is 35.5. The lowest BCUT2D eigenvalue weighted by Crippen LogP contribution is -2.53. The Labute approximate surface area is 211 Å². The summed E-state index contributed by atoms with van der Waals surface area (Å²) in [6.45, 7) is 6.49. The van der Waals surface area contributed by atoms with E-state index in [1.807, 2.05) is 13.8 Å². The van der Waals surface area contributed by atoms with E-state index in [0.29, 0.717) is 51.2 Å². The minimum absolute atomic E-state index is 0. The van der Waals surface area contributed by atoms with Crippen LogP contribution in [0, 0.1) is 23.5 Å². The van der Waals surface area contributed by atoms with Crippen LogP contribution in [0.15, 0.2) is 18.2 Å². The Morgan fingerprint density at radius 3 is 2.77 bits per heavy atom. The summed E-state index contributed by atoms with van der Waals surface area (Å²) in [7, 11) is 1.62. The van der Waals surface area contributed by atoms with Crippen LogP contribution in [0.1, 0.15) is 49.3 Å². The van der Waals surface area contributed by atoms with Crippen molar-refractivity contribution in [2.45, 2.75) is 45.6 Å². The summed E-state index contributed by atoms with van der Waals surface area (Å²) >= 11 is 0. The van der Waals surface area contributed by atoms with Crippen molar-refractivity contribution < 1.29 is 23.4 Å². The van der Waals surface area contributed by atoms with Gasteiger partial charge in [0.1, 0.15) is 5.69 Å². The van der Waals surface area contributed by atoms with Crippen LogP contribution in [-0.4, -0.2) is 76.9 Å². The monoisotopic (exact) mass is 515 g/mol. The van der Waals surface area contributed by atoms with Gasteiger partial charge in [-0.3, -0.25) is 4.79 Å². The van der Waals surface area contributed by atoms with E-state index in [1.54, 1.807) is 12.0 Å². The molecule has 1 fully saturated rings. The minimum Gasteiger partial charge on any atom is -0.396 e. The van der Waals surface area contributed by atoms with Crippen LogP contribution in [-0.2, 0) is 11.2 Å². The molecule has 1 aliphatic rings. The number of carbonyl (C=O) groups excluding carboxylic acids is 1. The van der Waals surface area contributed by atoms with Crippen LogP contribution < -0.4 is 5.32 Å². The number of benzene rings is 1. The molecular weight excluding hydrogens is 480 g/mol. The zero-order valence-electron chi connectivity index (χ0n) is 20.5. The number of aliphatic hydroxyl groups is 1. The molecule has 8 nitrogen and oxygen atoms in total. The Bertz CT molecular complexity index is 959. The number of nitrogens with one attached hydrogen (secondary N) is 1. The van der Waals surface area contributed by atoms with Gasteiger partial charge in [-0.2, -0.15) is 0 Å². The van der Waals surface area contributed by atoms with E-state index in [1.165, 1.54) is 16.8 Å². The van der Waals surface area contributed by atoms with Crippen LogP contribution in [0.4, 0.5) is 8.78 Å².